The molecule has 2 rings (SSSR count). The van der Waals surface area contributed by atoms with Gasteiger partial charge in [0.1, 0.15) is 5.03 Å². The monoisotopic (exact) mass is 235 g/mol. The molecule has 2 aliphatic heterocycles. The van der Waals surface area contributed by atoms with Crippen molar-refractivity contribution in [3.8, 4) is 0 Å². The third kappa shape index (κ3) is 1.75. The van der Waals surface area contributed by atoms with E-state index in [0.717, 1.165) is 26.2 Å². The average molecular weight is 236 g/mol. The van der Waals surface area contributed by atoms with Gasteiger partial charge in [0, 0.05) is 26.2 Å². The maximum absolute atomic E-state index is 11.1. The molecule has 0 aromatic carbocycles. The van der Waals surface area contributed by atoms with Crippen LogP contribution in [0.5, 0.6) is 0 Å². The minimum absolute atomic E-state index is 0.000760. The Morgan fingerprint density at radius 2 is 2.00 bits per heavy atom. The summed E-state index contributed by atoms with van der Waals surface area (Å²) >= 11 is 11.5. The molecule has 0 aromatic rings. The third-order valence-electron chi connectivity index (χ3n) is 2.25. The first-order valence-corrected chi connectivity index (χ1v) is 5.09. The lowest BCUT2D eigenvalue weighted by Crippen LogP contribution is -2.46. The van der Waals surface area contributed by atoms with Gasteiger partial charge in [0.2, 0.25) is 0 Å². The van der Waals surface area contributed by atoms with E-state index in [9.17, 15) is 4.79 Å². The minimum atomic E-state index is -0.538. The van der Waals surface area contributed by atoms with Crippen LogP contribution in [-0.2, 0) is 9.53 Å². The maximum Gasteiger partial charge on any atom is 0.353 e. The van der Waals surface area contributed by atoms with Crippen LogP contribution in [-0.4, -0.2) is 43.3 Å². The van der Waals surface area contributed by atoms with Crippen molar-refractivity contribution in [3.63, 3.8) is 0 Å². The number of hydrogen-bond acceptors (Lipinski definition) is 3. The predicted octanol–water partition coefficient (Wildman–Crippen LogP) is 0.479. The zero-order valence-corrected chi connectivity index (χ0v) is 8.88. The first-order chi connectivity index (χ1) is 6.70. The quantitative estimate of drug-likeness (QED) is 0.622. The van der Waals surface area contributed by atoms with Crippen molar-refractivity contribution in [3.05, 3.63) is 10.1 Å². The maximum atomic E-state index is 11.1. The van der Waals surface area contributed by atoms with Crippen LogP contribution in [0, 0.1) is 0 Å². The molecule has 0 bridgehead atoms. The SMILES string of the molecule is O=C1OC(N2CC[N]CC2)C(Cl)=C1Cl. The zero-order chi connectivity index (χ0) is 10.1. The average Bonchev–Trinajstić information content (AvgIpc) is 2.47. The summed E-state index contributed by atoms with van der Waals surface area (Å²) in [7, 11) is 0. The Labute approximate surface area is 91.8 Å². The summed E-state index contributed by atoms with van der Waals surface area (Å²) in [5.41, 5.74) is 0. The van der Waals surface area contributed by atoms with Crippen LogP contribution in [0.2, 0.25) is 0 Å². The first-order valence-electron chi connectivity index (χ1n) is 4.33. The summed E-state index contributed by atoms with van der Waals surface area (Å²) in [6, 6.07) is 0. The Hall–Kier alpha value is -0.290. The van der Waals surface area contributed by atoms with E-state index in [2.05, 4.69) is 5.32 Å². The second-order valence-electron chi connectivity index (χ2n) is 3.13. The number of esters is 1. The van der Waals surface area contributed by atoms with Crippen molar-refractivity contribution in [2.24, 2.45) is 0 Å². The lowest BCUT2D eigenvalue weighted by molar-refractivity contribution is -0.146. The Balaban J connectivity index is 2.09. The summed E-state index contributed by atoms with van der Waals surface area (Å²) in [5, 5.41) is 4.48. The number of hydrogen-bond donors (Lipinski definition) is 0. The fraction of sp³-hybridized carbons (Fsp3) is 0.625. The fourth-order valence-electron chi connectivity index (χ4n) is 1.50. The van der Waals surface area contributed by atoms with E-state index in [1.165, 1.54) is 0 Å². The summed E-state index contributed by atoms with van der Waals surface area (Å²) in [6.07, 6.45) is -0.493. The molecule has 0 amide bonds. The van der Waals surface area contributed by atoms with E-state index >= 15 is 0 Å². The van der Waals surface area contributed by atoms with Crippen LogP contribution in [0.15, 0.2) is 10.1 Å². The van der Waals surface area contributed by atoms with E-state index in [0.29, 0.717) is 5.03 Å². The molecule has 2 aliphatic rings. The molecule has 14 heavy (non-hydrogen) atoms. The second kappa shape index (κ2) is 4.06. The Morgan fingerprint density at radius 1 is 1.36 bits per heavy atom. The van der Waals surface area contributed by atoms with Gasteiger partial charge in [-0.25, -0.2) is 10.1 Å². The standard InChI is InChI=1S/C8H9Cl2N2O2/c9-5-6(10)8(13)14-7(5)12-3-1-11-2-4-12/h7H,1-4H2. The molecule has 0 aliphatic carbocycles. The van der Waals surface area contributed by atoms with E-state index in [1.54, 1.807) is 0 Å². The molecule has 77 valence electrons. The lowest BCUT2D eigenvalue weighted by Gasteiger charge is -2.30. The highest BCUT2D eigenvalue weighted by Crippen LogP contribution is 2.30. The van der Waals surface area contributed by atoms with Crippen LogP contribution >= 0.6 is 23.2 Å². The molecule has 1 saturated heterocycles. The summed E-state index contributed by atoms with van der Waals surface area (Å²) < 4.78 is 5.03. The molecule has 1 unspecified atom stereocenters. The number of rotatable bonds is 1. The number of piperazine rings is 1. The van der Waals surface area contributed by atoms with Crippen molar-refractivity contribution in [1.82, 2.24) is 10.2 Å². The van der Waals surface area contributed by atoms with Crippen molar-refractivity contribution < 1.29 is 9.53 Å². The van der Waals surface area contributed by atoms with Gasteiger partial charge in [-0.05, 0) is 0 Å². The van der Waals surface area contributed by atoms with Gasteiger partial charge in [-0.3, -0.25) is 4.90 Å². The molecule has 4 nitrogen and oxygen atoms in total. The van der Waals surface area contributed by atoms with Crippen molar-refractivity contribution >= 4 is 29.2 Å². The number of nitrogens with zero attached hydrogens (tertiary/aromatic N) is 2. The highest BCUT2D eigenvalue weighted by molar-refractivity contribution is 6.48. The van der Waals surface area contributed by atoms with Crippen molar-refractivity contribution in [2.45, 2.75) is 6.23 Å². The summed E-state index contributed by atoms with van der Waals surface area (Å²) in [5.74, 6) is -0.538. The van der Waals surface area contributed by atoms with Crippen molar-refractivity contribution in [1.29, 1.82) is 0 Å². The van der Waals surface area contributed by atoms with E-state index < -0.39 is 12.2 Å². The molecule has 0 saturated carbocycles. The van der Waals surface area contributed by atoms with Gasteiger partial charge in [-0.2, -0.15) is 0 Å². The Kier molecular flexibility index (Phi) is 2.97. The van der Waals surface area contributed by atoms with Crippen molar-refractivity contribution in [2.75, 3.05) is 26.2 Å². The molecule has 1 fully saturated rings. The topological polar surface area (TPSA) is 43.6 Å². The van der Waals surface area contributed by atoms with E-state index in [4.69, 9.17) is 27.9 Å². The smallest absolute Gasteiger partial charge is 0.353 e. The van der Waals surface area contributed by atoms with E-state index in [1.807, 2.05) is 4.90 Å². The summed E-state index contributed by atoms with van der Waals surface area (Å²) in [6.45, 7) is 2.99. The van der Waals surface area contributed by atoms with Crippen LogP contribution in [0.25, 0.3) is 0 Å². The summed E-state index contributed by atoms with van der Waals surface area (Å²) in [4.78, 5) is 13.1. The molecule has 1 radical (unpaired) electrons. The van der Waals surface area contributed by atoms with Gasteiger partial charge < -0.3 is 4.74 Å². The minimum Gasteiger partial charge on any atom is -0.437 e. The molecule has 0 aromatic heterocycles. The molecule has 0 N–H and O–H groups in total. The van der Waals surface area contributed by atoms with Gasteiger partial charge in [0.05, 0.1) is 5.03 Å². The van der Waals surface area contributed by atoms with Gasteiger partial charge >= 0.3 is 5.97 Å². The highest BCUT2D eigenvalue weighted by Gasteiger charge is 2.36. The zero-order valence-electron chi connectivity index (χ0n) is 7.37. The van der Waals surface area contributed by atoms with Crippen LogP contribution in [0.1, 0.15) is 0 Å². The second-order valence-corrected chi connectivity index (χ2v) is 3.91. The fourth-order valence-corrected chi connectivity index (χ4v) is 1.90. The van der Waals surface area contributed by atoms with Crippen LogP contribution in [0.4, 0.5) is 0 Å². The first kappa shape index (κ1) is 10.2. The number of carbonyl (C=O) groups excluding carboxylic acids is 1. The normalized spacial score (nSPS) is 29.6. The molecule has 1 atom stereocenters. The number of cyclic esters (lactones) is 1. The Morgan fingerprint density at radius 3 is 2.50 bits per heavy atom. The third-order valence-corrected chi connectivity index (χ3v) is 3.08. The van der Waals surface area contributed by atoms with Crippen LogP contribution < -0.4 is 5.32 Å². The van der Waals surface area contributed by atoms with Gasteiger partial charge in [-0.15, -0.1) is 0 Å². The Bertz CT molecular complexity index is 287. The largest absolute Gasteiger partial charge is 0.437 e. The molecular weight excluding hydrogens is 227 g/mol. The molecule has 6 heteroatoms. The van der Waals surface area contributed by atoms with Gasteiger partial charge in [0.15, 0.2) is 6.23 Å². The number of halogens is 2. The van der Waals surface area contributed by atoms with Crippen LogP contribution in [0.3, 0.4) is 0 Å². The van der Waals surface area contributed by atoms with Gasteiger partial charge in [-0.1, -0.05) is 23.2 Å². The predicted molar refractivity (Wildman–Crippen MR) is 52.1 cm³/mol. The molecule has 2 heterocycles. The lowest BCUT2D eigenvalue weighted by atomic mass is 10.3. The number of ether oxygens (including phenoxy) is 1. The molecular formula is C8H9Cl2N2O2. The molecule has 0 spiro atoms. The number of carbonyl (C=O) groups is 1. The van der Waals surface area contributed by atoms with E-state index in [-0.39, 0.29) is 5.03 Å². The van der Waals surface area contributed by atoms with Gasteiger partial charge in [0.25, 0.3) is 0 Å². The highest BCUT2D eigenvalue weighted by atomic mass is 35.5.